The minimum atomic E-state index is -0.390. The molecule has 2 amide bonds. The van der Waals surface area contributed by atoms with Crippen molar-refractivity contribution in [2.75, 3.05) is 6.54 Å². The maximum Gasteiger partial charge on any atom is 0.251 e. The molecule has 4 N–H and O–H groups in total. The topological polar surface area (TPSA) is 98.7 Å². The number of amides is 2. The van der Waals surface area contributed by atoms with E-state index in [0.29, 0.717) is 25.4 Å². The van der Waals surface area contributed by atoms with Crippen LogP contribution in [0, 0.1) is 0 Å². The molecular weight excluding hydrogens is 260 g/mol. The van der Waals surface area contributed by atoms with Crippen LogP contribution >= 0.6 is 0 Å². The molecule has 1 aliphatic carbocycles. The molecule has 6 heteroatoms. The zero-order chi connectivity index (χ0) is 14.5. The Morgan fingerprint density at radius 3 is 2.40 bits per heavy atom. The fraction of sp³-hybridized carbons (Fsp3) is 0.429. The van der Waals surface area contributed by atoms with Crippen LogP contribution in [0.3, 0.4) is 0 Å². The third-order valence-electron chi connectivity index (χ3n) is 2.97. The van der Waals surface area contributed by atoms with Gasteiger partial charge < -0.3 is 20.8 Å². The summed E-state index contributed by atoms with van der Waals surface area (Å²) in [7, 11) is 0. The average Bonchev–Trinajstić information content (AvgIpc) is 3.17. The van der Waals surface area contributed by atoms with E-state index in [1.807, 2.05) is 0 Å². The Morgan fingerprint density at radius 2 is 1.80 bits per heavy atom. The first kappa shape index (κ1) is 14.2. The lowest BCUT2D eigenvalue weighted by Gasteiger charge is -2.06. The SMILES string of the molecule is O=C(CCCNC(=O)c1cc(O)cc(O)c1)NC1CC1. The highest BCUT2D eigenvalue weighted by Gasteiger charge is 2.22. The number of benzene rings is 1. The van der Waals surface area contributed by atoms with E-state index in [1.54, 1.807) is 0 Å². The second-order valence-corrected chi connectivity index (χ2v) is 4.94. The minimum absolute atomic E-state index is 0.0109. The van der Waals surface area contributed by atoms with Gasteiger partial charge in [-0.25, -0.2) is 0 Å². The van der Waals surface area contributed by atoms with Crippen LogP contribution in [0.4, 0.5) is 0 Å². The predicted octanol–water partition coefficient (Wildman–Crippen LogP) is 0.886. The Hall–Kier alpha value is -2.24. The summed E-state index contributed by atoms with van der Waals surface area (Å²) in [5, 5.41) is 24.1. The van der Waals surface area contributed by atoms with Crippen LogP contribution in [0.15, 0.2) is 18.2 Å². The summed E-state index contributed by atoms with van der Waals surface area (Å²) in [6, 6.07) is 4.05. The van der Waals surface area contributed by atoms with Gasteiger partial charge in [0, 0.05) is 30.6 Å². The molecule has 1 aromatic carbocycles. The summed E-state index contributed by atoms with van der Waals surface area (Å²) < 4.78 is 0. The van der Waals surface area contributed by atoms with E-state index in [2.05, 4.69) is 10.6 Å². The van der Waals surface area contributed by atoms with Gasteiger partial charge in [-0.05, 0) is 31.4 Å². The molecular formula is C14H18N2O4. The van der Waals surface area contributed by atoms with Gasteiger partial charge in [0.15, 0.2) is 0 Å². The first-order chi connectivity index (χ1) is 9.54. The molecule has 0 atom stereocenters. The fourth-order valence-corrected chi connectivity index (χ4v) is 1.81. The molecule has 2 rings (SSSR count). The second-order valence-electron chi connectivity index (χ2n) is 4.94. The van der Waals surface area contributed by atoms with Crippen LogP contribution in [-0.2, 0) is 4.79 Å². The molecule has 1 fully saturated rings. The van der Waals surface area contributed by atoms with E-state index in [4.69, 9.17) is 0 Å². The van der Waals surface area contributed by atoms with E-state index >= 15 is 0 Å². The highest BCUT2D eigenvalue weighted by atomic mass is 16.3. The van der Waals surface area contributed by atoms with Crippen LogP contribution in [0.2, 0.25) is 0 Å². The molecule has 0 spiro atoms. The fourth-order valence-electron chi connectivity index (χ4n) is 1.81. The van der Waals surface area contributed by atoms with Crippen LogP contribution in [0.1, 0.15) is 36.0 Å². The number of hydrogen-bond donors (Lipinski definition) is 4. The normalized spacial score (nSPS) is 13.8. The number of rotatable bonds is 6. The van der Waals surface area contributed by atoms with E-state index in [9.17, 15) is 19.8 Å². The number of carbonyl (C=O) groups excluding carboxylic acids is 2. The molecule has 6 nitrogen and oxygen atoms in total. The maximum atomic E-state index is 11.7. The van der Waals surface area contributed by atoms with Crippen molar-refractivity contribution in [3.63, 3.8) is 0 Å². The monoisotopic (exact) mass is 278 g/mol. The third kappa shape index (κ3) is 4.46. The van der Waals surface area contributed by atoms with Crippen LogP contribution in [0.5, 0.6) is 11.5 Å². The lowest BCUT2D eigenvalue weighted by Crippen LogP contribution is -2.28. The van der Waals surface area contributed by atoms with Gasteiger partial charge in [0.1, 0.15) is 11.5 Å². The Balaban J connectivity index is 1.70. The number of phenolic OH excluding ortho intramolecular Hbond substituents is 2. The molecule has 0 saturated heterocycles. The number of aromatic hydroxyl groups is 2. The van der Waals surface area contributed by atoms with Gasteiger partial charge in [0.25, 0.3) is 5.91 Å². The van der Waals surface area contributed by atoms with Gasteiger partial charge in [-0.1, -0.05) is 0 Å². The molecule has 0 unspecified atom stereocenters. The summed E-state index contributed by atoms with van der Waals surface area (Å²) in [5.41, 5.74) is 0.185. The Morgan fingerprint density at radius 1 is 1.15 bits per heavy atom. The van der Waals surface area contributed by atoms with Gasteiger partial charge in [-0.3, -0.25) is 9.59 Å². The van der Waals surface area contributed by atoms with Crippen LogP contribution in [0.25, 0.3) is 0 Å². The lowest BCUT2D eigenvalue weighted by molar-refractivity contribution is -0.121. The van der Waals surface area contributed by atoms with Gasteiger partial charge in [0.2, 0.25) is 5.91 Å². The molecule has 0 aliphatic heterocycles. The minimum Gasteiger partial charge on any atom is -0.508 e. The molecule has 0 aromatic heterocycles. The van der Waals surface area contributed by atoms with Crippen molar-refractivity contribution >= 4 is 11.8 Å². The standard InChI is InChI=1S/C14H18N2O4/c17-11-6-9(7-12(18)8-11)14(20)15-5-1-2-13(19)16-10-3-4-10/h6-8,10,17-18H,1-5H2,(H,15,20)(H,16,19). The first-order valence-corrected chi connectivity index (χ1v) is 6.65. The Kier molecular flexibility index (Phi) is 4.45. The molecule has 0 radical (unpaired) electrons. The van der Waals surface area contributed by atoms with Gasteiger partial charge in [-0.15, -0.1) is 0 Å². The highest BCUT2D eigenvalue weighted by Crippen LogP contribution is 2.20. The predicted molar refractivity (Wildman–Crippen MR) is 72.5 cm³/mol. The number of hydrogen-bond acceptors (Lipinski definition) is 4. The van der Waals surface area contributed by atoms with Gasteiger partial charge in [0.05, 0.1) is 0 Å². The molecule has 108 valence electrons. The summed E-state index contributed by atoms with van der Waals surface area (Å²) >= 11 is 0. The van der Waals surface area contributed by atoms with E-state index in [0.717, 1.165) is 18.9 Å². The number of nitrogens with one attached hydrogen (secondary N) is 2. The summed E-state index contributed by atoms with van der Waals surface area (Å²) in [6.07, 6.45) is 3.05. The molecule has 0 heterocycles. The van der Waals surface area contributed by atoms with E-state index < -0.39 is 0 Å². The zero-order valence-corrected chi connectivity index (χ0v) is 11.1. The zero-order valence-electron chi connectivity index (χ0n) is 11.1. The van der Waals surface area contributed by atoms with E-state index in [-0.39, 0.29) is 28.9 Å². The highest BCUT2D eigenvalue weighted by molar-refractivity contribution is 5.95. The molecule has 0 bridgehead atoms. The quantitative estimate of drug-likeness (QED) is 0.581. The first-order valence-electron chi connectivity index (χ1n) is 6.65. The van der Waals surface area contributed by atoms with Gasteiger partial charge >= 0.3 is 0 Å². The van der Waals surface area contributed by atoms with Crippen molar-refractivity contribution < 1.29 is 19.8 Å². The third-order valence-corrected chi connectivity index (χ3v) is 2.97. The van der Waals surface area contributed by atoms with Crippen molar-refractivity contribution in [2.24, 2.45) is 0 Å². The maximum absolute atomic E-state index is 11.7. The number of phenols is 2. The average molecular weight is 278 g/mol. The summed E-state index contributed by atoms with van der Waals surface area (Å²) in [6.45, 7) is 0.368. The van der Waals surface area contributed by atoms with Crippen molar-refractivity contribution in [2.45, 2.75) is 31.7 Å². The Bertz CT molecular complexity index is 492. The summed E-state index contributed by atoms with van der Waals surface area (Å²) in [5.74, 6) is -0.714. The molecule has 1 aromatic rings. The lowest BCUT2D eigenvalue weighted by atomic mass is 10.2. The molecule has 1 saturated carbocycles. The van der Waals surface area contributed by atoms with Crippen molar-refractivity contribution in [1.29, 1.82) is 0 Å². The van der Waals surface area contributed by atoms with Crippen LogP contribution < -0.4 is 10.6 Å². The van der Waals surface area contributed by atoms with Crippen molar-refractivity contribution in [3.8, 4) is 11.5 Å². The number of carbonyl (C=O) groups is 2. The molecule has 20 heavy (non-hydrogen) atoms. The van der Waals surface area contributed by atoms with Crippen molar-refractivity contribution in [1.82, 2.24) is 10.6 Å². The van der Waals surface area contributed by atoms with E-state index in [1.165, 1.54) is 12.1 Å². The smallest absolute Gasteiger partial charge is 0.251 e. The Labute approximate surface area is 116 Å². The van der Waals surface area contributed by atoms with Crippen molar-refractivity contribution in [3.05, 3.63) is 23.8 Å². The van der Waals surface area contributed by atoms with Crippen LogP contribution in [-0.4, -0.2) is 34.6 Å². The molecule has 1 aliphatic rings. The largest absolute Gasteiger partial charge is 0.508 e. The van der Waals surface area contributed by atoms with Gasteiger partial charge in [-0.2, -0.15) is 0 Å². The second kappa shape index (κ2) is 6.27. The summed E-state index contributed by atoms with van der Waals surface area (Å²) in [4.78, 5) is 23.2.